The molecule has 1 fully saturated rings. The summed E-state index contributed by atoms with van der Waals surface area (Å²) in [7, 11) is 0. The lowest BCUT2D eigenvalue weighted by Crippen LogP contribution is -2.46. The highest BCUT2D eigenvalue weighted by molar-refractivity contribution is 7.99. The minimum atomic E-state index is -2.93. The Hall–Kier alpha value is -4.00. The van der Waals surface area contributed by atoms with Crippen LogP contribution in [-0.4, -0.2) is 75.4 Å². The van der Waals surface area contributed by atoms with Crippen molar-refractivity contribution in [1.82, 2.24) is 20.0 Å². The zero-order valence-corrected chi connectivity index (χ0v) is 25.6. The van der Waals surface area contributed by atoms with E-state index in [1.165, 1.54) is 12.1 Å². The molecule has 0 bridgehead atoms. The van der Waals surface area contributed by atoms with E-state index >= 15 is 4.39 Å². The van der Waals surface area contributed by atoms with Crippen LogP contribution in [-0.2, 0) is 11.3 Å². The lowest BCUT2D eigenvalue weighted by Gasteiger charge is -2.33. The molecule has 9 nitrogen and oxygen atoms in total. The van der Waals surface area contributed by atoms with E-state index in [-0.39, 0.29) is 35.7 Å². The van der Waals surface area contributed by atoms with Crippen LogP contribution in [0.25, 0.3) is 17.0 Å². The molecular formula is C31H34F3N5O4S. The van der Waals surface area contributed by atoms with Crippen LogP contribution in [0.1, 0.15) is 50.6 Å². The summed E-state index contributed by atoms with van der Waals surface area (Å²) in [6.45, 7) is 7.60. The van der Waals surface area contributed by atoms with Crippen LogP contribution in [0.5, 0.6) is 0 Å². The average molecular weight is 630 g/mol. The molecule has 44 heavy (non-hydrogen) atoms. The molecule has 234 valence electrons. The van der Waals surface area contributed by atoms with E-state index in [2.05, 4.69) is 10.2 Å². The van der Waals surface area contributed by atoms with Crippen LogP contribution in [0.15, 0.2) is 53.0 Å². The van der Waals surface area contributed by atoms with Gasteiger partial charge in [-0.1, -0.05) is 24.3 Å². The predicted octanol–water partition coefficient (Wildman–Crippen LogP) is 7.01. The summed E-state index contributed by atoms with van der Waals surface area (Å²) in [5.74, 6) is -0.0494. The summed E-state index contributed by atoms with van der Waals surface area (Å²) >= 11 is 1.78. The summed E-state index contributed by atoms with van der Waals surface area (Å²) in [6.07, 6.45) is -0.616. The number of hydrogen-bond acceptors (Lipinski definition) is 7. The number of urea groups is 1. The number of aromatic nitrogens is 2. The number of benzene rings is 2. The van der Waals surface area contributed by atoms with Crippen molar-refractivity contribution < 1.29 is 31.9 Å². The molecule has 13 heteroatoms. The molecule has 1 aromatic heterocycles. The van der Waals surface area contributed by atoms with Gasteiger partial charge in [-0.3, -0.25) is 4.90 Å². The van der Waals surface area contributed by atoms with Crippen molar-refractivity contribution in [2.75, 3.05) is 42.6 Å². The number of ether oxygens (including phenoxy) is 1. The highest BCUT2D eigenvalue weighted by Gasteiger charge is 2.27. The highest BCUT2D eigenvalue weighted by atomic mass is 32.2. The van der Waals surface area contributed by atoms with E-state index < -0.39 is 23.7 Å². The fourth-order valence-corrected chi connectivity index (χ4v) is 5.80. The Balaban J connectivity index is 1.35. The molecule has 2 aliphatic rings. The molecule has 0 radical (unpaired) electrons. The number of carbonyl (C=O) groups excluding carboxylic acids is 2. The van der Waals surface area contributed by atoms with Crippen LogP contribution in [0, 0.1) is 5.82 Å². The molecule has 2 aliphatic heterocycles. The van der Waals surface area contributed by atoms with E-state index in [1.807, 2.05) is 51.1 Å². The number of amides is 3. The molecule has 3 aromatic rings. The maximum atomic E-state index is 15.3. The average Bonchev–Trinajstić information content (AvgIpc) is 3.51. The van der Waals surface area contributed by atoms with Gasteiger partial charge in [0, 0.05) is 54.5 Å². The van der Waals surface area contributed by atoms with Gasteiger partial charge in [-0.2, -0.15) is 20.5 Å². The number of nitrogens with zero attached hydrogens (tertiary/aromatic N) is 5. The number of rotatable bonds is 6. The lowest BCUT2D eigenvalue weighted by atomic mass is 9.99. The van der Waals surface area contributed by atoms with Gasteiger partial charge >= 0.3 is 18.5 Å². The molecule has 3 amide bonds. The number of alkyl halides is 2. The molecule has 1 saturated heterocycles. The fourth-order valence-electron chi connectivity index (χ4n) is 4.89. The van der Waals surface area contributed by atoms with Crippen molar-refractivity contribution in [3.63, 3.8) is 0 Å². The first kappa shape index (κ1) is 31.4. The van der Waals surface area contributed by atoms with Gasteiger partial charge in [-0.15, -0.1) is 10.2 Å². The minimum absolute atomic E-state index is 0.0480. The second kappa shape index (κ2) is 13.3. The second-order valence-corrected chi connectivity index (χ2v) is 12.7. The van der Waals surface area contributed by atoms with E-state index in [4.69, 9.17) is 9.15 Å². The normalized spacial score (nSPS) is 15.8. The molecule has 0 atom stereocenters. The summed E-state index contributed by atoms with van der Waals surface area (Å²) in [5.41, 5.74) is 2.49. The maximum Gasteiger partial charge on any atom is 0.410 e. The molecule has 0 aliphatic carbocycles. The fraction of sp³-hybridized carbons (Fsp3) is 0.419. The number of halogens is 3. The molecule has 0 saturated carbocycles. The highest BCUT2D eigenvalue weighted by Crippen LogP contribution is 2.29. The molecule has 2 aromatic carbocycles. The van der Waals surface area contributed by atoms with Crippen LogP contribution < -0.4 is 4.90 Å². The van der Waals surface area contributed by atoms with Gasteiger partial charge in [-0.25, -0.2) is 14.0 Å². The number of thioether (sulfide) groups is 1. The Kier molecular flexibility index (Phi) is 9.52. The zero-order chi connectivity index (χ0) is 31.4. The summed E-state index contributed by atoms with van der Waals surface area (Å²) in [6, 6.07) is 11.4. The first-order valence-electron chi connectivity index (χ1n) is 14.3. The Labute approximate surface area is 258 Å². The lowest BCUT2D eigenvalue weighted by molar-refractivity contribution is 0.0270. The minimum Gasteiger partial charge on any atom is -0.444 e. The summed E-state index contributed by atoms with van der Waals surface area (Å²) in [5, 5.41) is 6.88. The van der Waals surface area contributed by atoms with Gasteiger partial charge in [0.2, 0.25) is 5.89 Å². The van der Waals surface area contributed by atoms with Gasteiger partial charge in [0.1, 0.15) is 11.4 Å². The van der Waals surface area contributed by atoms with Gasteiger partial charge in [0.15, 0.2) is 0 Å². The Morgan fingerprint density at radius 2 is 1.73 bits per heavy atom. The van der Waals surface area contributed by atoms with Crippen LogP contribution >= 0.6 is 11.8 Å². The monoisotopic (exact) mass is 629 g/mol. The van der Waals surface area contributed by atoms with E-state index in [0.29, 0.717) is 38.3 Å². The number of carbonyl (C=O) groups is 2. The van der Waals surface area contributed by atoms with Crippen molar-refractivity contribution in [2.24, 2.45) is 0 Å². The number of anilines is 1. The number of hydrogen-bond donors (Lipinski definition) is 0. The summed E-state index contributed by atoms with van der Waals surface area (Å²) < 4.78 is 51.5. The predicted molar refractivity (Wildman–Crippen MR) is 162 cm³/mol. The largest absolute Gasteiger partial charge is 0.444 e. The van der Waals surface area contributed by atoms with E-state index in [0.717, 1.165) is 28.7 Å². The zero-order valence-electron chi connectivity index (χ0n) is 24.8. The van der Waals surface area contributed by atoms with Crippen molar-refractivity contribution >= 4 is 35.1 Å². The standard InChI is InChI=1S/C31H34F3N5O4S/c1-31(2,3)43-30(41)38-12-10-21(11-13-38)20-6-8-24(9-7-20)39(29(40)37-14-16-44-17-15-37)19-23-5-4-22(18-25(23)32)27-35-36-28(42-27)26(33)34/h4-10,18,26H,11-17,19H2,1-3H3. The van der Waals surface area contributed by atoms with Crippen LogP contribution in [0.3, 0.4) is 0 Å². The van der Waals surface area contributed by atoms with Crippen molar-refractivity contribution in [3.05, 3.63) is 71.4 Å². The Morgan fingerprint density at radius 1 is 1.02 bits per heavy atom. The first-order chi connectivity index (χ1) is 21.0. The molecule has 0 spiro atoms. The smallest absolute Gasteiger partial charge is 0.410 e. The van der Waals surface area contributed by atoms with Crippen molar-refractivity contribution in [2.45, 2.75) is 45.8 Å². The third-order valence-electron chi connectivity index (χ3n) is 7.18. The van der Waals surface area contributed by atoms with Gasteiger partial charge in [0.25, 0.3) is 5.89 Å². The Bertz CT molecular complexity index is 1520. The molecule has 5 rings (SSSR count). The third kappa shape index (κ3) is 7.55. The van der Waals surface area contributed by atoms with Crippen LogP contribution in [0.4, 0.5) is 28.4 Å². The summed E-state index contributed by atoms with van der Waals surface area (Å²) in [4.78, 5) is 31.1. The second-order valence-electron chi connectivity index (χ2n) is 11.5. The van der Waals surface area contributed by atoms with Crippen molar-refractivity contribution in [1.29, 1.82) is 0 Å². The Morgan fingerprint density at radius 3 is 2.32 bits per heavy atom. The molecule has 0 N–H and O–H groups in total. The van der Waals surface area contributed by atoms with Gasteiger partial charge in [0.05, 0.1) is 6.54 Å². The SMILES string of the molecule is CC(C)(C)OC(=O)N1CC=C(c2ccc(N(Cc3ccc(-c4nnc(C(F)F)o4)cc3F)C(=O)N3CCSCC3)cc2)CC1. The first-order valence-corrected chi connectivity index (χ1v) is 15.5. The van der Waals surface area contributed by atoms with Gasteiger partial charge < -0.3 is 19.0 Å². The van der Waals surface area contributed by atoms with Gasteiger partial charge in [-0.05, 0) is 62.6 Å². The van der Waals surface area contributed by atoms with E-state index in [9.17, 15) is 18.4 Å². The molecule has 0 unspecified atom stereocenters. The molecular weight excluding hydrogens is 595 g/mol. The maximum absolute atomic E-state index is 15.3. The third-order valence-corrected chi connectivity index (χ3v) is 8.12. The quantitative estimate of drug-likeness (QED) is 0.290. The molecule has 3 heterocycles. The topological polar surface area (TPSA) is 92.0 Å². The van der Waals surface area contributed by atoms with E-state index in [1.54, 1.807) is 26.5 Å². The van der Waals surface area contributed by atoms with Crippen LogP contribution in [0.2, 0.25) is 0 Å². The van der Waals surface area contributed by atoms with Crippen molar-refractivity contribution in [3.8, 4) is 11.5 Å².